The van der Waals surface area contributed by atoms with Gasteiger partial charge < -0.3 is 4.74 Å². The molecule has 0 aliphatic carbocycles. The van der Waals surface area contributed by atoms with Gasteiger partial charge in [-0.1, -0.05) is 23.7 Å². The molecule has 0 saturated heterocycles. The minimum Gasteiger partial charge on any atom is -0.456 e. The molecule has 0 N–H and O–H groups in total. The van der Waals surface area contributed by atoms with Gasteiger partial charge in [0.05, 0.1) is 26.9 Å². The van der Waals surface area contributed by atoms with Crippen LogP contribution in [0.2, 0.25) is 5.02 Å². The minimum absolute atomic E-state index is 0.0667. The van der Waals surface area contributed by atoms with Gasteiger partial charge in [0.2, 0.25) is 5.91 Å². The summed E-state index contributed by atoms with van der Waals surface area (Å²) >= 11 is 7.61. The summed E-state index contributed by atoms with van der Waals surface area (Å²) in [6, 6.07) is 8.98. The Morgan fingerprint density at radius 2 is 2.00 bits per heavy atom. The van der Waals surface area contributed by atoms with Crippen molar-refractivity contribution in [2.75, 3.05) is 4.90 Å². The van der Waals surface area contributed by atoms with Crippen LogP contribution in [0.15, 0.2) is 41.8 Å². The Morgan fingerprint density at radius 3 is 2.65 bits per heavy atom. The van der Waals surface area contributed by atoms with Gasteiger partial charge in [0.25, 0.3) is 5.69 Å². The first kappa shape index (κ1) is 22.4. The predicted molar refractivity (Wildman–Crippen MR) is 118 cm³/mol. The molecule has 0 atom stereocenters. The molecule has 0 radical (unpaired) electrons. The van der Waals surface area contributed by atoms with E-state index in [-0.39, 0.29) is 23.8 Å². The van der Waals surface area contributed by atoms with Crippen molar-refractivity contribution in [3.05, 3.63) is 79.3 Å². The van der Waals surface area contributed by atoms with E-state index >= 15 is 0 Å². The van der Waals surface area contributed by atoms with Crippen LogP contribution in [0, 0.1) is 24.0 Å². The Bertz CT molecular complexity index is 1150. The zero-order chi connectivity index (χ0) is 22.7. The number of rotatable bonds is 6. The number of thiazole rings is 1. The number of nitro groups is 1. The van der Waals surface area contributed by atoms with Gasteiger partial charge in [0.1, 0.15) is 6.61 Å². The first-order valence-electron chi connectivity index (χ1n) is 9.10. The summed E-state index contributed by atoms with van der Waals surface area (Å²) in [5.41, 5.74) is 2.65. The van der Waals surface area contributed by atoms with Crippen LogP contribution in [0.4, 0.5) is 16.5 Å². The summed E-state index contributed by atoms with van der Waals surface area (Å²) in [7, 11) is 0. The largest absolute Gasteiger partial charge is 0.456 e. The molecule has 10 heteroatoms. The molecule has 3 rings (SSSR count). The number of hydrogen-bond acceptors (Lipinski definition) is 7. The van der Waals surface area contributed by atoms with E-state index in [2.05, 4.69) is 4.98 Å². The SMILES string of the molecule is CC(=O)N(c1nc(COC(=O)c2cccc([N+](=O)[O-])c2)cs1)c1c(C)cc(C)cc1Cl. The maximum atomic E-state index is 12.4. The average molecular weight is 460 g/mol. The lowest BCUT2D eigenvalue weighted by Gasteiger charge is -2.22. The van der Waals surface area contributed by atoms with Crippen molar-refractivity contribution in [2.24, 2.45) is 0 Å². The normalized spacial score (nSPS) is 10.6. The van der Waals surface area contributed by atoms with E-state index < -0.39 is 10.9 Å². The lowest BCUT2D eigenvalue weighted by molar-refractivity contribution is -0.384. The minimum atomic E-state index is -0.709. The molecule has 0 fully saturated rings. The summed E-state index contributed by atoms with van der Waals surface area (Å²) in [6.07, 6.45) is 0. The molecule has 160 valence electrons. The second-order valence-corrected chi connectivity index (χ2v) is 8.02. The van der Waals surface area contributed by atoms with Crippen molar-refractivity contribution in [3.63, 3.8) is 0 Å². The summed E-state index contributed by atoms with van der Waals surface area (Å²) < 4.78 is 5.22. The zero-order valence-corrected chi connectivity index (χ0v) is 18.5. The lowest BCUT2D eigenvalue weighted by Crippen LogP contribution is -2.24. The first-order valence-corrected chi connectivity index (χ1v) is 10.4. The van der Waals surface area contributed by atoms with E-state index in [1.807, 2.05) is 19.9 Å². The molecule has 3 aromatic rings. The second-order valence-electron chi connectivity index (χ2n) is 6.77. The second kappa shape index (κ2) is 9.23. The Hall–Kier alpha value is -3.30. The number of esters is 1. The van der Waals surface area contributed by atoms with Crippen LogP contribution in [0.3, 0.4) is 0 Å². The summed E-state index contributed by atoms with van der Waals surface area (Å²) in [5, 5.41) is 13.4. The maximum absolute atomic E-state index is 12.4. The molecule has 0 spiro atoms. The van der Waals surface area contributed by atoms with E-state index in [1.54, 1.807) is 11.4 Å². The van der Waals surface area contributed by atoms with Gasteiger partial charge in [-0.25, -0.2) is 9.78 Å². The number of non-ortho nitro benzene ring substituents is 1. The molecule has 1 amide bonds. The molecule has 0 unspecified atom stereocenters. The first-order chi connectivity index (χ1) is 14.7. The fraction of sp³-hybridized carbons (Fsp3) is 0.190. The van der Waals surface area contributed by atoms with Crippen LogP contribution < -0.4 is 4.90 Å². The quantitative estimate of drug-likeness (QED) is 0.279. The van der Waals surface area contributed by atoms with E-state index in [4.69, 9.17) is 16.3 Å². The van der Waals surface area contributed by atoms with Crippen molar-refractivity contribution >= 4 is 51.3 Å². The van der Waals surface area contributed by atoms with Crippen LogP contribution >= 0.6 is 22.9 Å². The Kier molecular flexibility index (Phi) is 6.67. The topological polar surface area (TPSA) is 103 Å². The third-order valence-electron chi connectivity index (χ3n) is 4.31. The zero-order valence-electron chi connectivity index (χ0n) is 16.9. The molecule has 0 aliphatic heterocycles. The standard InChI is InChI=1S/C21H18ClN3O5S/c1-12-7-13(2)19(18(22)8-12)24(14(3)26)21-23-16(11-31-21)10-30-20(27)15-5-4-6-17(9-15)25(28)29/h4-9,11H,10H2,1-3H3. The molecule has 1 heterocycles. The molecule has 0 bridgehead atoms. The number of halogens is 1. The molecular formula is C21H18ClN3O5S. The predicted octanol–water partition coefficient (Wildman–Crippen LogP) is 5.36. The number of anilines is 2. The number of benzene rings is 2. The van der Waals surface area contributed by atoms with Gasteiger partial charge in [0, 0.05) is 24.4 Å². The van der Waals surface area contributed by atoms with Gasteiger partial charge in [-0.3, -0.25) is 19.8 Å². The highest BCUT2D eigenvalue weighted by atomic mass is 35.5. The average Bonchev–Trinajstić information content (AvgIpc) is 3.16. The van der Waals surface area contributed by atoms with E-state index in [1.165, 1.54) is 41.4 Å². The highest BCUT2D eigenvalue weighted by molar-refractivity contribution is 7.14. The van der Waals surface area contributed by atoms with Gasteiger partial charge in [-0.2, -0.15) is 0 Å². The van der Waals surface area contributed by atoms with Crippen LogP contribution in [-0.4, -0.2) is 21.8 Å². The molecular weight excluding hydrogens is 442 g/mol. The number of amides is 1. The fourth-order valence-electron chi connectivity index (χ4n) is 3.01. The summed E-state index contributed by atoms with van der Waals surface area (Å²) in [4.78, 5) is 40.7. The highest BCUT2D eigenvalue weighted by Crippen LogP contribution is 2.37. The van der Waals surface area contributed by atoms with Crippen LogP contribution in [0.25, 0.3) is 0 Å². The Labute approximate surface area is 187 Å². The molecule has 8 nitrogen and oxygen atoms in total. The third kappa shape index (κ3) is 5.07. The van der Waals surface area contributed by atoms with Crippen LogP contribution in [-0.2, 0) is 16.1 Å². The summed E-state index contributed by atoms with van der Waals surface area (Å²) in [5.74, 6) is -0.970. The number of aromatic nitrogens is 1. The number of nitro benzene ring substituents is 1. The summed E-state index contributed by atoms with van der Waals surface area (Å²) in [6.45, 7) is 5.04. The smallest absolute Gasteiger partial charge is 0.338 e. The molecule has 2 aromatic carbocycles. The van der Waals surface area contributed by atoms with Crippen molar-refractivity contribution in [1.29, 1.82) is 0 Å². The highest BCUT2D eigenvalue weighted by Gasteiger charge is 2.23. The lowest BCUT2D eigenvalue weighted by atomic mass is 10.1. The van der Waals surface area contributed by atoms with Crippen molar-refractivity contribution in [2.45, 2.75) is 27.4 Å². The van der Waals surface area contributed by atoms with Crippen LogP contribution in [0.1, 0.15) is 34.1 Å². The Morgan fingerprint density at radius 1 is 1.26 bits per heavy atom. The molecule has 0 aliphatic rings. The molecule has 1 aromatic heterocycles. The van der Waals surface area contributed by atoms with Crippen molar-refractivity contribution < 1.29 is 19.2 Å². The number of aryl methyl sites for hydroxylation is 2. The number of carbonyl (C=O) groups excluding carboxylic acids is 2. The van der Waals surface area contributed by atoms with Crippen molar-refractivity contribution in [1.82, 2.24) is 4.98 Å². The third-order valence-corrected chi connectivity index (χ3v) is 5.47. The number of hydrogen-bond donors (Lipinski definition) is 0. The van der Waals surface area contributed by atoms with Gasteiger partial charge in [-0.15, -0.1) is 11.3 Å². The van der Waals surface area contributed by atoms with Crippen LogP contribution in [0.5, 0.6) is 0 Å². The number of ether oxygens (including phenoxy) is 1. The fourth-order valence-corrected chi connectivity index (χ4v) is 4.28. The monoisotopic (exact) mass is 459 g/mol. The van der Waals surface area contributed by atoms with Crippen molar-refractivity contribution in [3.8, 4) is 0 Å². The number of nitrogens with zero attached hydrogens (tertiary/aromatic N) is 3. The van der Waals surface area contributed by atoms with Gasteiger partial charge >= 0.3 is 5.97 Å². The van der Waals surface area contributed by atoms with E-state index in [9.17, 15) is 19.7 Å². The van der Waals surface area contributed by atoms with E-state index in [0.717, 1.165) is 17.2 Å². The van der Waals surface area contributed by atoms with E-state index in [0.29, 0.717) is 21.5 Å². The Balaban J connectivity index is 1.79. The van der Waals surface area contributed by atoms with Gasteiger partial charge in [-0.05, 0) is 37.1 Å². The maximum Gasteiger partial charge on any atom is 0.338 e. The molecule has 0 saturated carbocycles. The van der Waals surface area contributed by atoms with Gasteiger partial charge in [0.15, 0.2) is 5.13 Å². The molecule has 31 heavy (non-hydrogen) atoms. The number of carbonyl (C=O) groups is 2.